The van der Waals surface area contributed by atoms with Crippen molar-refractivity contribution in [3.63, 3.8) is 0 Å². The smallest absolute Gasteiger partial charge is 0.439 e. The molecule has 27 heavy (non-hydrogen) atoms. The second kappa shape index (κ2) is 8.31. The van der Waals surface area contributed by atoms with Crippen molar-refractivity contribution in [1.82, 2.24) is 5.32 Å². The Morgan fingerprint density at radius 2 is 1.63 bits per heavy atom. The molecule has 0 unspecified atom stereocenters. The second-order valence-corrected chi connectivity index (χ2v) is 5.29. The topological polar surface area (TPSA) is 93.5 Å². The molecule has 13 heteroatoms. The van der Waals surface area contributed by atoms with Gasteiger partial charge in [-0.05, 0) is 18.6 Å². The molecule has 0 saturated carbocycles. The van der Waals surface area contributed by atoms with Crippen LogP contribution < -0.4 is 10.6 Å². The fourth-order valence-electron chi connectivity index (χ4n) is 1.86. The van der Waals surface area contributed by atoms with Gasteiger partial charge in [0.25, 0.3) is 5.69 Å². The first-order valence-corrected chi connectivity index (χ1v) is 7.45. The van der Waals surface area contributed by atoms with Gasteiger partial charge in [0, 0.05) is 17.8 Å². The van der Waals surface area contributed by atoms with Crippen molar-refractivity contribution < 1.29 is 40.8 Å². The Balaban J connectivity index is 3.23. The van der Waals surface area contributed by atoms with Crippen LogP contribution in [-0.4, -0.2) is 35.6 Å². The molecule has 0 fully saturated rings. The summed E-state index contributed by atoms with van der Waals surface area (Å²) >= 11 is 0. The Morgan fingerprint density at radius 1 is 1.11 bits per heavy atom. The third kappa shape index (κ3) is 5.37. The number of nitrogens with one attached hydrogen (secondary N) is 2. The minimum Gasteiger partial charge on any atom is -0.450 e. The fraction of sp³-hybridized carbons (Fsp3) is 0.500. The van der Waals surface area contributed by atoms with E-state index in [1.165, 1.54) is 5.32 Å². The lowest BCUT2D eigenvalue weighted by atomic mass is 10.1. The molecule has 0 heterocycles. The highest BCUT2D eigenvalue weighted by Gasteiger charge is 2.73. The van der Waals surface area contributed by atoms with Gasteiger partial charge in [0.05, 0.1) is 11.5 Å². The van der Waals surface area contributed by atoms with Crippen LogP contribution in [0.4, 0.5) is 42.5 Å². The van der Waals surface area contributed by atoms with Crippen LogP contribution in [0, 0.1) is 10.1 Å². The number of nitrogens with zero attached hydrogens (tertiary/aromatic N) is 1. The lowest BCUT2D eigenvalue weighted by Gasteiger charge is -2.38. The van der Waals surface area contributed by atoms with Crippen molar-refractivity contribution >= 4 is 17.5 Å². The van der Waals surface area contributed by atoms with E-state index in [0.717, 1.165) is 5.32 Å². The molecular formula is C14H15F6N3O4. The summed E-state index contributed by atoms with van der Waals surface area (Å²) in [7, 11) is 0. The highest BCUT2D eigenvalue weighted by molar-refractivity contribution is 5.70. The average molecular weight is 403 g/mol. The number of carbonyl (C=O) groups excluding carboxylic acids is 1. The van der Waals surface area contributed by atoms with Crippen LogP contribution >= 0.6 is 0 Å². The van der Waals surface area contributed by atoms with Crippen molar-refractivity contribution in [2.24, 2.45) is 0 Å². The summed E-state index contributed by atoms with van der Waals surface area (Å²) in [5.74, 6) is 0. The Hall–Kier alpha value is -2.73. The zero-order valence-corrected chi connectivity index (χ0v) is 13.8. The SMILES string of the molecule is CCCCOC(=O)NC(Nc1ccc([N+](=O)[O-])cc1)(C(F)(F)F)C(F)(F)F. The standard InChI is InChI=1S/C14H15F6N3O4/c1-2-3-8-27-11(24)22-12(13(15,16)17,14(18,19)20)21-9-4-6-10(7-5-9)23(25)26/h4-7,21H,2-3,8H2,1H3,(H,22,24). The fourth-order valence-corrected chi connectivity index (χ4v) is 1.86. The molecule has 1 aromatic rings. The number of nitro groups is 1. The van der Waals surface area contributed by atoms with Gasteiger partial charge in [-0.2, -0.15) is 26.3 Å². The van der Waals surface area contributed by atoms with Crippen LogP contribution in [0.3, 0.4) is 0 Å². The van der Waals surface area contributed by atoms with Crippen LogP contribution in [0.1, 0.15) is 19.8 Å². The zero-order valence-electron chi connectivity index (χ0n) is 13.8. The van der Waals surface area contributed by atoms with Crippen LogP contribution in [0.5, 0.6) is 0 Å². The molecule has 1 rings (SSSR count). The molecule has 0 saturated heterocycles. The number of alkyl halides is 6. The highest BCUT2D eigenvalue weighted by atomic mass is 19.4. The van der Waals surface area contributed by atoms with Crippen LogP contribution in [0.2, 0.25) is 0 Å². The normalized spacial score (nSPS) is 12.4. The Labute approximate surface area is 148 Å². The van der Waals surface area contributed by atoms with Crippen molar-refractivity contribution in [3.05, 3.63) is 34.4 Å². The molecule has 152 valence electrons. The highest BCUT2D eigenvalue weighted by Crippen LogP contribution is 2.43. The lowest BCUT2D eigenvalue weighted by molar-refractivity contribution is -0.384. The van der Waals surface area contributed by atoms with Crippen LogP contribution in [0.25, 0.3) is 0 Å². The van der Waals surface area contributed by atoms with E-state index in [2.05, 4.69) is 4.74 Å². The van der Waals surface area contributed by atoms with E-state index >= 15 is 0 Å². The number of nitro benzene ring substituents is 1. The van der Waals surface area contributed by atoms with Gasteiger partial charge in [-0.3, -0.25) is 15.4 Å². The number of unbranched alkanes of at least 4 members (excludes halogenated alkanes) is 1. The first-order chi connectivity index (χ1) is 12.3. The van der Waals surface area contributed by atoms with E-state index in [-0.39, 0.29) is 13.0 Å². The van der Waals surface area contributed by atoms with Gasteiger partial charge in [0.15, 0.2) is 0 Å². The van der Waals surface area contributed by atoms with Gasteiger partial charge in [0.1, 0.15) is 0 Å². The summed E-state index contributed by atoms with van der Waals surface area (Å²) in [4.78, 5) is 21.2. The molecule has 7 nitrogen and oxygen atoms in total. The summed E-state index contributed by atoms with van der Waals surface area (Å²) in [6.07, 6.45) is -13.2. The predicted octanol–water partition coefficient (Wildman–Crippen LogP) is 4.35. The number of anilines is 1. The molecule has 0 radical (unpaired) electrons. The maximum Gasteiger partial charge on any atom is 0.439 e. The van der Waals surface area contributed by atoms with Crippen molar-refractivity contribution in [2.45, 2.75) is 37.8 Å². The molecule has 0 bridgehead atoms. The third-order valence-corrected chi connectivity index (χ3v) is 3.28. The van der Waals surface area contributed by atoms with Gasteiger partial charge in [-0.25, -0.2) is 4.79 Å². The van der Waals surface area contributed by atoms with Crippen molar-refractivity contribution in [1.29, 1.82) is 0 Å². The summed E-state index contributed by atoms with van der Waals surface area (Å²) < 4.78 is 84.4. The van der Waals surface area contributed by atoms with Gasteiger partial charge >= 0.3 is 24.1 Å². The maximum absolute atomic E-state index is 13.4. The molecule has 0 aliphatic rings. The largest absolute Gasteiger partial charge is 0.450 e. The van der Waals surface area contributed by atoms with Crippen LogP contribution in [0.15, 0.2) is 24.3 Å². The van der Waals surface area contributed by atoms with E-state index in [1.54, 1.807) is 6.92 Å². The molecule has 0 aliphatic heterocycles. The molecule has 0 spiro atoms. The molecule has 1 aromatic carbocycles. The van der Waals surface area contributed by atoms with E-state index < -0.39 is 40.4 Å². The lowest BCUT2D eigenvalue weighted by Crippen LogP contribution is -2.72. The van der Waals surface area contributed by atoms with Crippen molar-refractivity contribution in [2.75, 3.05) is 11.9 Å². The minimum atomic E-state index is -6.02. The van der Waals surface area contributed by atoms with Crippen molar-refractivity contribution in [3.8, 4) is 0 Å². The number of non-ortho nitro benzene ring substituents is 1. The Bertz CT molecular complexity index is 646. The molecule has 0 atom stereocenters. The average Bonchev–Trinajstić information content (AvgIpc) is 2.52. The van der Waals surface area contributed by atoms with Gasteiger partial charge in [-0.15, -0.1) is 0 Å². The number of benzene rings is 1. The number of ether oxygens (including phenoxy) is 1. The molecule has 1 amide bonds. The summed E-state index contributed by atoms with van der Waals surface area (Å²) in [5.41, 5.74) is -6.17. The second-order valence-electron chi connectivity index (χ2n) is 5.29. The number of halogens is 6. The Kier molecular flexibility index (Phi) is 6.87. The number of hydrogen-bond donors (Lipinski definition) is 2. The number of carbonyl (C=O) groups is 1. The quantitative estimate of drug-likeness (QED) is 0.232. The first-order valence-electron chi connectivity index (χ1n) is 7.45. The predicted molar refractivity (Wildman–Crippen MR) is 81.0 cm³/mol. The molecule has 0 aromatic heterocycles. The number of rotatable bonds is 7. The minimum absolute atomic E-state index is 0.244. The zero-order chi connectivity index (χ0) is 20.9. The molecule has 2 N–H and O–H groups in total. The summed E-state index contributed by atoms with van der Waals surface area (Å²) in [5, 5.41) is 12.5. The monoisotopic (exact) mass is 403 g/mol. The van der Waals surface area contributed by atoms with E-state index in [0.29, 0.717) is 30.7 Å². The molecule has 0 aliphatic carbocycles. The third-order valence-electron chi connectivity index (χ3n) is 3.28. The first kappa shape index (κ1) is 22.3. The van der Waals surface area contributed by atoms with Gasteiger partial charge in [-0.1, -0.05) is 13.3 Å². The number of alkyl carbamates (subject to hydrolysis) is 1. The molecular weight excluding hydrogens is 388 g/mol. The van der Waals surface area contributed by atoms with Gasteiger partial charge < -0.3 is 10.1 Å². The number of amides is 1. The van der Waals surface area contributed by atoms with Gasteiger partial charge in [0.2, 0.25) is 0 Å². The Morgan fingerprint density at radius 3 is 2.04 bits per heavy atom. The maximum atomic E-state index is 13.4. The van der Waals surface area contributed by atoms with E-state index in [1.807, 2.05) is 0 Å². The van der Waals surface area contributed by atoms with E-state index in [4.69, 9.17) is 0 Å². The summed E-state index contributed by atoms with van der Waals surface area (Å²) in [6.45, 7) is 1.30. The van der Waals surface area contributed by atoms with Crippen LogP contribution in [-0.2, 0) is 4.74 Å². The summed E-state index contributed by atoms with van der Waals surface area (Å²) in [6, 6.07) is 2.71. The van der Waals surface area contributed by atoms with E-state index in [9.17, 15) is 41.3 Å². The number of hydrogen-bond acceptors (Lipinski definition) is 5.